The van der Waals surface area contributed by atoms with Crippen molar-refractivity contribution >= 4 is 11.7 Å². The highest BCUT2D eigenvalue weighted by molar-refractivity contribution is 5.98. The van der Waals surface area contributed by atoms with Crippen LogP contribution in [0.5, 0.6) is 11.5 Å². The van der Waals surface area contributed by atoms with Gasteiger partial charge in [-0.15, -0.1) is 0 Å². The summed E-state index contributed by atoms with van der Waals surface area (Å²) in [5.74, 6) is 1.21. The second-order valence-electron chi connectivity index (χ2n) is 6.43. The van der Waals surface area contributed by atoms with Crippen molar-refractivity contribution in [2.45, 2.75) is 0 Å². The van der Waals surface area contributed by atoms with Crippen LogP contribution in [0.4, 0.5) is 0 Å². The molecule has 0 bridgehead atoms. The molecule has 0 radical (unpaired) electrons. The van der Waals surface area contributed by atoms with Crippen molar-refractivity contribution < 1.29 is 19.1 Å². The molecule has 1 aliphatic heterocycles. The van der Waals surface area contributed by atoms with Gasteiger partial charge in [-0.3, -0.25) is 14.5 Å². The number of methoxy groups -OCH3 is 2. The summed E-state index contributed by atoms with van der Waals surface area (Å²) in [5, 5.41) is 0. The molecular weight excluding hydrogens is 344 g/mol. The number of ketones is 1. The molecule has 2 aromatic rings. The Morgan fingerprint density at radius 1 is 0.852 bits per heavy atom. The molecule has 0 N–H and O–H groups in total. The molecule has 6 heteroatoms. The molecule has 0 aliphatic carbocycles. The molecule has 142 valence electrons. The van der Waals surface area contributed by atoms with Crippen LogP contribution in [0.2, 0.25) is 0 Å². The van der Waals surface area contributed by atoms with Crippen LogP contribution in [0.15, 0.2) is 48.5 Å². The van der Waals surface area contributed by atoms with E-state index < -0.39 is 0 Å². The van der Waals surface area contributed by atoms with E-state index >= 15 is 0 Å². The number of carbonyl (C=O) groups excluding carboxylic acids is 2. The molecule has 1 saturated heterocycles. The van der Waals surface area contributed by atoms with Gasteiger partial charge in [-0.2, -0.15) is 0 Å². The number of nitrogens with zero attached hydrogens (tertiary/aromatic N) is 2. The minimum absolute atomic E-state index is 0.0267. The van der Waals surface area contributed by atoms with E-state index in [4.69, 9.17) is 9.47 Å². The highest BCUT2D eigenvalue weighted by Gasteiger charge is 2.23. The summed E-state index contributed by atoms with van der Waals surface area (Å²) in [5.41, 5.74) is 1.29. The van der Waals surface area contributed by atoms with Gasteiger partial charge in [0, 0.05) is 37.3 Å². The highest BCUT2D eigenvalue weighted by atomic mass is 16.5. The van der Waals surface area contributed by atoms with Gasteiger partial charge in [0.25, 0.3) is 5.91 Å². The Hall–Kier alpha value is -2.86. The maximum absolute atomic E-state index is 12.6. The number of hydrogen-bond donors (Lipinski definition) is 0. The lowest BCUT2D eigenvalue weighted by molar-refractivity contribution is 0.0624. The van der Waals surface area contributed by atoms with Crippen LogP contribution in [0.1, 0.15) is 20.7 Å². The minimum atomic E-state index is 0.0267. The van der Waals surface area contributed by atoms with Crippen LogP contribution in [-0.2, 0) is 0 Å². The first-order chi connectivity index (χ1) is 13.1. The predicted octanol–water partition coefficient (Wildman–Crippen LogP) is 2.34. The number of benzene rings is 2. The molecule has 3 rings (SSSR count). The molecule has 6 nitrogen and oxygen atoms in total. The third-order valence-electron chi connectivity index (χ3n) is 4.75. The average molecular weight is 368 g/mol. The number of carbonyl (C=O) groups is 2. The Labute approximate surface area is 159 Å². The first-order valence-corrected chi connectivity index (χ1v) is 8.94. The Balaban J connectivity index is 1.56. The first-order valence-electron chi connectivity index (χ1n) is 8.94. The quantitative estimate of drug-likeness (QED) is 0.733. The van der Waals surface area contributed by atoms with Gasteiger partial charge in [0.15, 0.2) is 17.3 Å². The Morgan fingerprint density at radius 3 is 2.15 bits per heavy atom. The normalized spacial score (nSPS) is 14.7. The minimum Gasteiger partial charge on any atom is -0.493 e. The second kappa shape index (κ2) is 8.68. The number of amides is 1. The van der Waals surface area contributed by atoms with Gasteiger partial charge < -0.3 is 14.4 Å². The lowest BCUT2D eigenvalue weighted by atomic mass is 10.1. The van der Waals surface area contributed by atoms with E-state index in [1.54, 1.807) is 32.4 Å². The van der Waals surface area contributed by atoms with E-state index in [9.17, 15) is 9.59 Å². The molecule has 27 heavy (non-hydrogen) atoms. The van der Waals surface area contributed by atoms with Gasteiger partial charge in [0.2, 0.25) is 0 Å². The van der Waals surface area contributed by atoms with Crippen LogP contribution in [0, 0.1) is 0 Å². The number of rotatable bonds is 6. The summed E-state index contributed by atoms with van der Waals surface area (Å²) in [6.45, 7) is 2.91. The number of Topliss-reactive ketones (excluding diaryl/α,β-unsaturated/α-hetero) is 1. The van der Waals surface area contributed by atoms with E-state index in [0.717, 1.165) is 0 Å². The van der Waals surface area contributed by atoms with E-state index in [2.05, 4.69) is 4.90 Å². The predicted molar refractivity (Wildman–Crippen MR) is 103 cm³/mol. The fraction of sp³-hybridized carbons (Fsp3) is 0.333. The summed E-state index contributed by atoms with van der Waals surface area (Å²) < 4.78 is 10.5. The molecule has 1 amide bonds. The molecule has 1 heterocycles. The largest absolute Gasteiger partial charge is 0.493 e. The van der Waals surface area contributed by atoms with Crippen molar-refractivity contribution in [1.29, 1.82) is 0 Å². The summed E-state index contributed by atoms with van der Waals surface area (Å²) >= 11 is 0. The van der Waals surface area contributed by atoms with Crippen molar-refractivity contribution in [3.05, 3.63) is 59.7 Å². The van der Waals surface area contributed by atoms with Crippen LogP contribution in [0.3, 0.4) is 0 Å². The first kappa shape index (κ1) is 18.9. The van der Waals surface area contributed by atoms with Gasteiger partial charge >= 0.3 is 0 Å². The molecular formula is C21H24N2O4. The van der Waals surface area contributed by atoms with Crippen LogP contribution >= 0.6 is 0 Å². The third-order valence-corrected chi connectivity index (χ3v) is 4.75. The molecule has 2 aromatic carbocycles. The lowest BCUT2D eigenvalue weighted by Crippen LogP contribution is -2.49. The van der Waals surface area contributed by atoms with Gasteiger partial charge in [-0.05, 0) is 30.3 Å². The zero-order valence-electron chi connectivity index (χ0n) is 15.7. The van der Waals surface area contributed by atoms with E-state index in [-0.39, 0.29) is 11.7 Å². The summed E-state index contributed by atoms with van der Waals surface area (Å²) in [6.07, 6.45) is 0. The molecule has 0 unspecified atom stereocenters. The smallest absolute Gasteiger partial charge is 0.253 e. The van der Waals surface area contributed by atoms with Crippen molar-refractivity contribution in [2.24, 2.45) is 0 Å². The Morgan fingerprint density at radius 2 is 1.52 bits per heavy atom. The standard InChI is InChI=1S/C21H24N2O4/c1-26-19-9-8-17(14-20(19)27-2)18(24)15-22-10-12-23(13-11-22)21(25)16-6-4-3-5-7-16/h3-9,14H,10-13,15H2,1-2H3. The SMILES string of the molecule is COc1ccc(C(=O)CN2CCN(C(=O)c3ccccc3)CC2)cc1OC. The van der Waals surface area contributed by atoms with Crippen LogP contribution < -0.4 is 9.47 Å². The molecule has 1 aliphatic rings. The fourth-order valence-corrected chi connectivity index (χ4v) is 3.18. The third kappa shape index (κ3) is 4.46. The van der Waals surface area contributed by atoms with Gasteiger partial charge in [0.1, 0.15) is 0 Å². The second-order valence-corrected chi connectivity index (χ2v) is 6.43. The summed E-state index contributed by atoms with van der Waals surface area (Å²) in [7, 11) is 3.12. The number of hydrogen-bond acceptors (Lipinski definition) is 5. The highest BCUT2D eigenvalue weighted by Crippen LogP contribution is 2.27. The molecule has 0 saturated carbocycles. The number of ether oxygens (including phenoxy) is 2. The van der Waals surface area contributed by atoms with Crippen molar-refractivity contribution in [1.82, 2.24) is 9.80 Å². The number of piperazine rings is 1. The van der Waals surface area contributed by atoms with Crippen LogP contribution in [0.25, 0.3) is 0 Å². The van der Waals surface area contributed by atoms with E-state index in [1.807, 2.05) is 35.2 Å². The Kier molecular flexibility index (Phi) is 6.08. The van der Waals surface area contributed by atoms with Gasteiger partial charge in [-0.25, -0.2) is 0 Å². The maximum atomic E-state index is 12.6. The van der Waals surface area contributed by atoms with Crippen molar-refractivity contribution in [3.8, 4) is 11.5 Å². The Bertz CT molecular complexity index is 799. The average Bonchev–Trinajstić information content (AvgIpc) is 2.73. The van der Waals surface area contributed by atoms with Crippen molar-refractivity contribution in [2.75, 3.05) is 46.9 Å². The van der Waals surface area contributed by atoms with Crippen LogP contribution in [-0.4, -0.2) is 68.4 Å². The molecule has 0 atom stereocenters. The monoisotopic (exact) mass is 368 g/mol. The maximum Gasteiger partial charge on any atom is 0.253 e. The summed E-state index contributed by atoms with van der Waals surface area (Å²) in [6, 6.07) is 14.5. The summed E-state index contributed by atoms with van der Waals surface area (Å²) in [4.78, 5) is 29.0. The fourth-order valence-electron chi connectivity index (χ4n) is 3.18. The zero-order chi connectivity index (χ0) is 19.2. The zero-order valence-corrected chi connectivity index (χ0v) is 15.7. The van der Waals surface area contributed by atoms with Gasteiger partial charge in [0.05, 0.1) is 20.8 Å². The molecule has 0 aromatic heterocycles. The van der Waals surface area contributed by atoms with E-state index in [0.29, 0.717) is 55.3 Å². The van der Waals surface area contributed by atoms with Crippen molar-refractivity contribution in [3.63, 3.8) is 0 Å². The lowest BCUT2D eigenvalue weighted by Gasteiger charge is -2.34. The van der Waals surface area contributed by atoms with Gasteiger partial charge in [-0.1, -0.05) is 18.2 Å². The van der Waals surface area contributed by atoms with E-state index in [1.165, 1.54) is 0 Å². The molecule has 0 spiro atoms. The topological polar surface area (TPSA) is 59.1 Å². The molecule has 1 fully saturated rings.